The molecule has 1 aliphatic carbocycles. The van der Waals surface area contributed by atoms with Crippen molar-refractivity contribution >= 4 is 17.4 Å². The fourth-order valence-electron chi connectivity index (χ4n) is 3.07. The Balaban J connectivity index is 1.84. The predicted molar refractivity (Wildman–Crippen MR) is 80.6 cm³/mol. The van der Waals surface area contributed by atoms with E-state index in [1.165, 1.54) is 38.4 Å². The number of hydrogen-bond donors (Lipinski definition) is 1. The van der Waals surface area contributed by atoms with E-state index in [9.17, 15) is 0 Å². The molecule has 0 saturated heterocycles. The van der Waals surface area contributed by atoms with Crippen LogP contribution < -0.4 is 5.32 Å². The van der Waals surface area contributed by atoms with Gasteiger partial charge in [0.2, 0.25) is 0 Å². The first-order valence-electron chi connectivity index (χ1n) is 7.44. The fraction of sp³-hybridized carbons (Fsp3) is 0.733. The van der Waals surface area contributed by atoms with Crippen molar-refractivity contribution in [2.24, 2.45) is 11.8 Å². The number of nitrogens with zero attached hydrogens (tertiary/aromatic N) is 2. The quantitative estimate of drug-likeness (QED) is 0.817. The maximum Gasteiger partial charge on any atom is 0.137 e. The van der Waals surface area contributed by atoms with Crippen LogP contribution in [0.3, 0.4) is 0 Å². The molecule has 1 fully saturated rings. The molecular weight excluding hydrogens is 258 g/mol. The van der Waals surface area contributed by atoms with Crippen LogP contribution in [0.1, 0.15) is 51.5 Å². The van der Waals surface area contributed by atoms with Gasteiger partial charge in [0, 0.05) is 12.1 Å². The molecule has 2 unspecified atom stereocenters. The first-order valence-corrected chi connectivity index (χ1v) is 7.81. The van der Waals surface area contributed by atoms with Gasteiger partial charge in [0.05, 0.1) is 0 Å². The molecule has 1 N–H and O–H groups in total. The second kappa shape index (κ2) is 7.09. The van der Waals surface area contributed by atoms with E-state index in [4.69, 9.17) is 11.6 Å². The molecule has 2 atom stereocenters. The van der Waals surface area contributed by atoms with Gasteiger partial charge < -0.3 is 5.32 Å². The van der Waals surface area contributed by atoms with Gasteiger partial charge in [-0.05, 0) is 31.1 Å². The average molecular weight is 282 g/mol. The molecule has 2 rings (SSSR count). The number of anilines is 1. The molecule has 106 valence electrons. The van der Waals surface area contributed by atoms with Crippen molar-refractivity contribution in [1.29, 1.82) is 0 Å². The highest BCUT2D eigenvalue weighted by atomic mass is 35.5. The minimum Gasteiger partial charge on any atom is -0.370 e. The van der Waals surface area contributed by atoms with Crippen molar-refractivity contribution in [3.63, 3.8) is 0 Å². The molecule has 0 aliphatic heterocycles. The highest BCUT2D eigenvalue weighted by Crippen LogP contribution is 2.30. The molecule has 0 bridgehead atoms. The van der Waals surface area contributed by atoms with Crippen LogP contribution in [0.4, 0.5) is 5.82 Å². The van der Waals surface area contributed by atoms with E-state index in [-0.39, 0.29) is 0 Å². The molecule has 1 heterocycles. The van der Waals surface area contributed by atoms with E-state index >= 15 is 0 Å². The molecular formula is C15H24ClN3. The Bertz CT molecular complexity index is 408. The number of rotatable bonds is 5. The second-order valence-electron chi connectivity index (χ2n) is 5.70. The molecule has 0 spiro atoms. The molecule has 3 nitrogen and oxygen atoms in total. The van der Waals surface area contributed by atoms with Gasteiger partial charge in [0.25, 0.3) is 0 Å². The smallest absolute Gasteiger partial charge is 0.137 e. The Hall–Kier alpha value is -0.830. The monoisotopic (exact) mass is 281 g/mol. The fourth-order valence-corrected chi connectivity index (χ4v) is 3.34. The van der Waals surface area contributed by atoms with Crippen LogP contribution in [0, 0.1) is 11.8 Å². The van der Waals surface area contributed by atoms with Crippen molar-refractivity contribution in [2.75, 3.05) is 11.9 Å². The zero-order valence-corrected chi connectivity index (χ0v) is 12.7. The highest BCUT2D eigenvalue weighted by Gasteiger charge is 2.18. The standard InChI is InChI=1S/C15H24ClN3/c1-3-13-14(16)18-10-19-15(13)17-8-7-12-6-4-5-11(2)9-12/h10-12H,3-9H2,1-2H3,(H,17,18,19). The third-order valence-corrected chi connectivity index (χ3v) is 4.46. The van der Waals surface area contributed by atoms with E-state index < -0.39 is 0 Å². The molecule has 0 aromatic carbocycles. The van der Waals surface area contributed by atoms with Crippen LogP contribution in [0.2, 0.25) is 5.15 Å². The molecule has 1 aromatic rings. The lowest BCUT2D eigenvalue weighted by Gasteiger charge is -2.26. The Kier molecular flexibility index (Phi) is 5.44. The van der Waals surface area contributed by atoms with Crippen molar-refractivity contribution in [2.45, 2.75) is 52.4 Å². The predicted octanol–water partition coefficient (Wildman–Crippen LogP) is 4.32. The Morgan fingerprint density at radius 3 is 2.95 bits per heavy atom. The van der Waals surface area contributed by atoms with Crippen molar-refractivity contribution in [3.8, 4) is 0 Å². The third kappa shape index (κ3) is 4.07. The summed E-state index contributed by atoms with van der Waals surface area (Å²) in [6.45, 7) is 5.44. The summed E-state index contributed by atoms with van der Waals surface area (Å²) in [5.41, 5.74) is 1.03. The van der Waals surface area contributed by atoms with E-state index in [0.717, 1.165) is 36.2 Å². The molecule has 0 radical (unpaired) electrons. The minimum atomic E-state index is 0.575. The Labute approximate surface area is 121 Å². The molecule has 1 saturated carbocycles. The maximum atomic E-state index is 6.09. The first-order chi connectivity index (χ1) is 9.20. The van der Waals surface area contributed by atoms with Gasteiger partial charge in [-0.15, -0.1) is 0 Å². The molecule has 19 heavy (non-hydrogen) atoms. The van der Waals surface area contributed by atoms with Gasteiger partial charge in [-0.1, -0.05) is 44.7 Å². The number of aromatic nitrogens is 2. The van der Waals surface area contributed by atoms with Crippen LogP contribution in [0.5, 0.6) is 0 Å². The van der Waals surface area contributed by atoms with Gasteiger partial charge in [-0.25, -0.2) is 9.97 Å². The van der Waals surface area contributed by atoms with Gasteiger partial charge in [0.1, 0.15) is 17.3 Å². The van der Waals surface area contributed by atoms with Gasteiger partial charge in [0.15, 0.2) is 0 Å². The lowest BCUT2D eigenvalue weighted by molar-refractivity contribution is 0.274. The lowest BCUT2D eigenvalue weighted by atomic mass is 9.81. The minimum absolute atomic E-state index is 0.575. The SMILES string of the molecule is CCc1c(Cl)ncnc1NCCC1CCCC(C)C1. The van der Waals surface area contributed by atoms with Crippen molar-refractivity contribution in [3.05, 3.63) is 17.0 Å². The summed E-state index contributed by atoms with van der Waals surface area (Å²) in [5.74, 6) is 2.68. The first kappa shape index (κ1) is 14.6. The van der Waals surface area contributed by atoms with Crippen LogP contribution >= 0.6 is 11.6 Å². The summed E-state index contributed by atoms with van der Waals surface area (Å²) >= 11 is 6.09. The Morgan fingerprint density at radius 2 is 2.21 bits per heavy atom. The zero-order valence-electron chi connectivity index (χ0n) is 12.0. The summed E-state index contributed by atoms with van der Waals surface area (Å²) in [5, 5.41) is 4.01. The highest BCUT2D eigenvalue weighted by molar-refractivity contribution is 6.30. The van der Waals surface area contributed by atoms with Crippen molar-refractivity contribution in [1.82, 2.24) is 9.97 Å². The van der Waals surface area contributed by atoms with Gasteiger partial charge >= 0.3 is 0 Å². The maximum absolute atomic E-state index is 6.09. The second-order valence-corrected chi connectivity index (χ2v) is 6.06. The van der Waals surface area contributed by atoms with Crippen LogP contribution in [-0.2, 0) is 6.42 Å². The Morgan fingerprint density at radius 1 is 1.37 bits per heavy atom. The van der Waals surface area contributed by atoms with Crippen LogP contribution in [-0.4, -0.2) is 16.5 Å². The normalized spacial score (nSPS) is 23.3. The van der Waals surface area contributed by atoms with E-state index in [1.807, 2.05) is 0 Å². The summed E-state index contributed by atoms with van der Waals surface area (Å²) < 4.78 is 0. The van der Waals surface area contributed by atoms with Crippen LogP contribution in [0.15, 0.2) is 6.33 Å². The molecule has 0 amide bonds. The number of hydrogen-bond acceptors (Lipinski definition) is 3. The van der Waals surface area contributed by atoms with E-state index in [2.05, 4.69) is 29.1 Å². The summed E-state index contributed by atoms with van der Waals surface area (Å²) in [7, 11) is 0. The molecule has 4 heteroatoms. The third-order valence-electron chi connectivity index (χ3n) is 4.14. The van der Waals surface area contributed by atoms with Crippen molar-refractivity contribution < 1.29 is 0 Å². The summed E-state index contributed by atoms with van der Waals surface area (Å²) in [6.07, 6.45) is 9.20. The largest absolute Gasteiger partial charge is 0.370 e. The average Bonchev–Trinajstić information content (AvgIpc) is 2.39. The lowest BCUT2D eigenvalue weighted by Crippen LogP contribution is -2.17. The van der Waals surface area contributed by atoms with Crippen LogP contribution in [0.25, 0.3) is 0 Å². The van der Waals surface area contributed by atoms with E-state index in [0.29, 0.717) is 5.15 Å². The summed E-state index contributed by atoms with van der Waals surface area (Å²) in [4.78, 5) is 8.33. The topological polar surface area (TPSA) is 37.8 Å². The molecule has 1 aliphatic rings. The van der Waals surface area contributed by atoms with Gasteiger partial charge in [-0.2, -0.15) is 0 Å². The number of nitrogens with one attached hydrogen (secondary N) is 1. The van der Waals surface area contributed by atoms with Gasteiger partial charge in [-0.3, -0.25) is 0 Å². The van der Waals surface area contributed by atoms with E-state index in [1.54, 1.807) is 0 Å². The molecule has 1 aromatic heterocycles. The number of halogens is 1. The zero-order chi connectivity index (χ0) is 13.7. The summed E-state index contributed by atoms with van der Waals surface area (Å²) in [6, 6.07) is 0.